The van der Waals surface area contributed by atoms with Crippen LogP contribution in [0.2, 0.25) is 0 Å². The van der Waals surface area contributed by atoms with Gasteiger partial charge >= 0.3 is 7.12 Å². The molecule has 1 heterocycles. The molecular formula is C12H13BO2S. The first kappa shape index (κ1) is 11.4. The lowest BCUT2D eigenvalue weighted by atomic mass is 9.88. The number of rotatable bonds is 4. The predicted molar refractivity (Wildman–Crippen MR) is 69.2 cm³/mol. The summed E-state index contributed by atoms with van der Waals surface area (Å²) in [5.41, 5.74) is 1.23. The molecule has 0 aliphatic carbocycles. The van der Waals surface area contributed by atoms with Crippen molar-refractivity contribution >= 4 is 23.2 Å². The second-order valence-electron chi connectivity index (χ2n) is 3.37. The third-order valence-corrected chi connectivity index (χ3v) is 3.50. The average Bonchev–Trinajstić information content (AvgIpc) is 2.81. The third kappa shape index (κ3) is 2.35. The molecular weight excluding hydrogens is 219 g/mol. The molecule has 0 N–H and O–H groups in total. The van der Waals surface area contributed by atoms with E-state index in [1.165, 1.54) is 10.4 Å². The van der Waals surface area contributed by atoms with E-state index in [9.17, 15) is 0 Å². The van der Waals surface area contributed by atoms with Crippen molar-refractivity contribution in [3.63, 3.8) is 0 Å². The molecule has 1 aromatic heterocycles. The van der Waals surface area contributed by atoms with Crippen LogP contribution >= 0.6 is 11.3 Å². The van der Waals surface area contributed by atoms with Crippen LogP contribution in [0.3, 0.4) is 0 Å². The number of benzene rings is 1. The van der Waals surface area contributed by atoms with Crippen molar-refractivity contribution in [1.82, 2.24) is 0 Å². The Morgan fingerprint density at radius 2 is 1.62 bits per heavy atom. The molecule has 0 saturated carbocycles. The summed E-state index contributed by atoms with van der Waals surface area (Å²) in [7, 11) is 3.04. The summed E-state index contributed by atoms with van der Waals surface area (Å²) in [5, 5.41) is 0. The van der Waals surface area contributed by atoms with E-state index in [0.717, 1.165) is 4.78 Å². The molecule has 4 heteroatoms. The minimum atomic E-state index is -0.262. The standard InChI is InChI=1S/C12H13BO2S/c1-14-13(15-2)12-9-8-11(16-12)10-6-4-3-5-7-10/h3-9H,1-2H3. The minimum Gasteiger partial charge on any atom is -0.410 e. The molecule has 0 amide bonds. The first-order valence-electron chi connectivity index (χ1n) is 5.06. The van der Waals surface area contributed by atoms with E-state index >= 15 is 0 Å². The normalized spacial score (nSPS) is 10.4. The molecule has 0 spiro atoms. The van der Waals surface area contributed by atoms with Crippen molar-refractivity contribution in [2.45, 2.75) is 0 Å². The van der Waals surface area contributed by atoms with E-state index in [-0.39, 0.29) is 7.12 Å². The molecule has 0 unspecified atom stereocenters. The van der Waals surface area contributed by atoms with Gasteiger partial charge in [-0.25, -0.2) is 0 Å². The van der Waals surface area contributed by atoms with Crippen LogP contribution in [0.15, 0.2) is 42.5 Å². The molecule has 0 bridgehead atoms. The Morgan fingerprint density at radius 3 is 2.25 bits per heavy atom. The van der Waals surface area contributed by atoms with Gasteiger partial charge in [-0.2, -0.15) is 0 Å². The van der Waals surface area contributed by atoms with Crippen molar-refractivity contribution in [3.8, 4) is 10.4 Å². The fourth-order valence-electron chi connectivity index (χ4n) is 1.57. The maximum Gasteiger partial charge on any atom is 0.504 e. The van der Waals surface area contributed by atoms with Crippen molar-refractivity contribution < 1.29 is 9.31 Å². The van der Waals surface area contributed by atoms with Gasteiger partial charge in [0.2, 0.25) is 0 Å². The molecule has 0 aliphatic heterocycles. The number of hydrogen-bond donors (Lipinski definition) is 0. The van der Waals surface area contributed by atoms with Gasteiger partial charge in [-0.05, 0) is 11.6 Å². The van der Waals surface area contributed by atoms with Gasteiger partial charge in [-0.15, -0.1) is 11.3 Å². The fourth-order valence-corrected chi connectivity index (χ4v) is 2.63. The molecule has 2 nitrogen and oxygen atoms in total. The Kier molecular flexibility index (Phi) is 3.77. The van der Waals surface area contributed by atoms with Crippen LogP contribution in [0, 0.1) is 0 Å². The van der Waals surface area contributed by atoms with Crippen LogP contribution in [0.25, 0.3) is 10.4 Å². The largest absolute Gasteiger partial charge is 0.504 e. The van der Waals surface area contributed by atoms with Gasteiger partial charge in [-0.3, -0.25) is 0 Å². The maximum atomic E-state index is 5.22. The number of thiophene rings is 1. The van der Waals surface area contributed by atoms with Crippen LogP contribution in [-0.2, 0) is 9.31 Å². The summed E-state index contributed by atoms with van der Waals surface area (Å²) in [6, 6.07) is 14.4. The van der Waals surface area contributed by atoms with Gasteiger partial charge in [0.1, 0.15) is 0 Å². The van der Waals surface area contributed by atoms with Crippen molar-refractivity contribution in [1.29, 1.82) is 0 Å². The SMILES string of the molecule is COB(OC)c1ccc(-c2ccccc2)s1. The molecule has 2 aromatic rings. The van der Waals surface area contributed by atoms with E-state index in [2.05, 4.69) is 18.2 Å². The Bertz CT molecular complexity index is 437. The van der Waals surface area contributed by atoms with Crippen LogP contribution in [0.5, 0.6) is 0 Å². The highest BCUT2D eigenvalue weighted by Gasteiger charge is 2.20. The monoisotopic (exact) mass is 232 g/mol. The lowest BCUT2D eigenvalue weighted by Gasteiger charge is -2.04. The summed E-state index contributed by atoms with van der Waals surface area (Å²) in [6.07, 6.45) is 0. The van der Waals surface area contributed by atoms with Crippen LogP contribution in [0.1, 0.15) is 0 Å². The van der Waals surface area contributed by atoms with Crippen LogP contribution in [0.4, 0.5) is 0 Å². The zero-order valence-electron chi connectivity index (χ0n) is 9.34. The van der Waals surface area contributed by atoms with E-state index < -0.39 is 0 Å². The second-order valence-corrected chi connectivity index (χ2v) is 4.49. The predicted octanol–water partition coefficient (Wildman–Crippen LogP) is 2.40. The number of hydrogen-bond acceptors (Lipinski definition) is 3. The zero-order chi connectivity index (χ0) is 11.4. The summed E-state index contributed by atoms with van der Waals surface area (Å²) in [6.45, 7) is 0. The van der Waals surface area contributed by atoms with Crippen LogP contribution < -0.4 is 4.78 Å². The molecule has 0 aliphatic rings. The summed E-state index contributed by atoms with van der Waals surface area (Å²) in [5.74, 6) is 0. The Hall–Kier alpha value is -1.10. The molecule has 1 aromatic carbocycles. The molecule has 16 heavy (non-hydrogen) atoms. The summed E-state index contributed by atoms with van der Waals surface area (Å²) < 4.78 is 11.5. The van der Waals surface area contributed by atoms with Gasteiger partial charge < -0.3 is 9.31 Å². The quantitative estimate of drug-likeness (QED) is 0.753. The topological polar surface area (TPSA) is 18.5 Å². The van der Waals surface area contributed by atoms with Gasteiger partial charge in [-0.1, -0.05) is 36.4 Å². The minimum absolute atomic E-state index is 0.262. The van der Waals surface area contributed by atoms with Gasteiger partial charge in [0, 0.05) is 23.9 Å². The second kappa shape index (κ2) is 5.30. The highest BCUT2D eigenvalue weighted by Crippen LogP contribution is 2.23. The van der Waals surface area contributed by atoms with Crippen LogP contribution in [-0.4, -0.2) is 21.3 Å². The lowest BCUT2D eigenvalue weighted by molar-refractivity contribution is 0.292. The smallest absolute Gasteiger partial charge is 0.410 e. The van der Waals surface area contributed by atoms with E-state index in [1.54, 1.807) is 25.6 Å². The van der Waals surface area contributed by atoms with E-state index in [1.807, 2.05) is 24.3 Å². The summed E-state index contributed by atoms with van der Waals surface area (Å²) >= 11 is 1.69. The van der Waals surface area contributed by atoms with Crippen molar-refractivity contribution in [2.75, 3.05) is 14.2 Å². The summed E-state index contributed by atoms with van der Waals surface area (Å²) in [4.78, 5) is 1.23. The first-order valence-corrected chi connectivity index (χ1v) is 5.87. The first-order chi connectivity index (χ1) is 7.85. The molecule has 82 valence electrons. The van der Waals surface area contributed by atoms with E-state index in [4.69, 9.17) is 9.31 Å². The van der Waals surface area contributed by atoms with E-state index in [0.29, 0.717) is 0 Å². The van der Waals surface area contributed by atoms with Crippen molar-refractivity contribution in [2.24, 2.45) is 0 Å². The molecule has 0 atom stereocenters. The van der Waals surface area contributed by atoms with Gasteiger partial charge in [0.05, 0.1) is 0 Å². The van der Waals surface area contributed by atoms with Crippen molar-refractivity contribution in [3.05, 3.63) is 42.5 Å². The van der Waals surface area contributed by atoms with Gasteiger partial charge in [0.25, 0.3) is 0 Å². The Balaban J connectivity index is 2.26. The molecule has 0 radical (unpaired) electrons. The molecule has 0 fully saturated rings. The molecule has 0 saturated heterocycles. The third-order valence-electron chi connectivity index (χ3n) is 2.35. The molecule has 2 rings (SSSR count). The highest BCUT2D eigenvalue weighted by molar-refractivity contribution is 7.25. The Labute approximate surface area is 100.0 Å². The highest BCUT2D eigenvalue weighted by atomic mass is 32.1. The maximum absolute atomic E-state index is 5.22. The zero-order valence-corrected chi connectivity index (χ0v) is 10.2. The Morgan fingerprint density at radius 1 is 0.938 bits per heavy atom. The van der Waals surface area contributed by atoms with Gasteiger partial charge in [0.15, 0.2) is 0 Å². The lowest BCUT2D eigenvalue weighted by Crippen LogP contribution is -2.32. The average molecular weight is 232 g/mol. The fraction of sp³-hybridized carbons (Fsp3) is 0.167.